The number of rotatable bonds is 1. The van der Waals surface area contributed by atoms with Crippen molar-refractivity contribution in [1.29, 1.82) is 0 Å². The number of alkyl halides is 3. The van der Waals surface area contributed by atoms with Gasteiger partial charge in [-0.15, -0.1) is 0 Å². The summed E-state index contributed by atoms with van der Waals surface area (Å²) < 4.78 is 37.7. The summed E-state index contributed by atoms with van der Waals surface area (Å²) in [6.45, 7) is 1.66. The van der Waals surface area contributed by atoms with Crippen molar-refractivity contribution in [2.45, 2.75) is 13.1 Å². The molecular formula is C10H9F3N4. The highest BCUT2D eigenvalue weighted by Crippen LogP contribution is 2.33. The number of aryl methyl sites for hydroxylation is 1. The minimum atomic E-state index is -4.44. The van der Waals surface area contributed by atoms with Crippen molar-refractivity contribution >= 4 is 5.69 Å². The van der Waals surface area contributed by atoms with E-state index in [-0.39, 0.29) is 17.1 Å². The van der Waals surface area contributed by atoms with E-state index < -0.39 is 11.7 Å². The Morgan fingerprint density at radius 2 is 1.94 bits per heavy atom. The second-order valence-corrected chi connectivity index (χ2v) is 3.59. The molecule has 0 bridgehead atoms. The van der Waals surface area contributed by atoms with Crippen molar-refractivity contribution in [2.24, 2.45) is 0 Å². The molecule has 3 N–H and O–H groups in total. The van der Waals surface area contributed by atoms with Crippen LogP contribution in [0, 0.1) is 6.92 Å². The lowest BCUT2D eigenvalue weighted by Gasteiger charge is -2.08. The van der Waals surface area contributed by atoms with Crippen LogP contribution in [0.2, 0.25) is 0 Å². The number of aromatic nitrogens is 3. The first-order valence-corrected chi connectivity index (χ1v) is 4.73. The molecule has 7 heteroatoms. The Labute approximate surface area is 94.7 Å². The predicted octanol–water partition coefficient (Wildman–Crippen LogP) is 2.38. The van der Waals surface area contributed by atoms with E-state index in [2.05, 4.69) is 15.2 Å². The number of anilines is 1. The van der Waals surface area contributed by atoms with Gasteiger partial charge in [-0.3, -0.25) is 5.10 Å². The third kappa shape index (κ3) is 2.38. The van der Waals surface area contributed by atoms with Crippen LogP contribution >= 0.6 is 0 Å². The van der Waals surface area contributed by atoms with E-state index in [1.54, 1.807) is 6.92 Å². The fourth-order valence-corrected chi connectivity index (χ4v) is 1.42. The van der Waals surface area contributed by atoms with Gasteiger partial charge in [0.25, 0.3) is 0 Å². The SMILES string of the molecule is Cc1nc(-c2cc(N)cc(C(F)(F)F)c2)n[nH]1. The Morgan fingerprint density at radius 3 is 2.47 bits per heavy atom. The van der Waals surface area contributed by atoms with Crippen LogP contribution in [0.25, 0.3) is 11.4 Å². The molecule has 0 saturated carbocycles. The summed E-state index contributed by atoms with van der Waals surface area (Å²) >= 11 is 0. The predicted molar refractivity (Wildman–Crippen MR) is 56.0 cm³/mol. The lowest BCUT2D eigenvalue weighted by atomic mass is 10.1. The first-order valence-electron chi connectivity index (χ1n) is 4.73. The lowest BCUT2D eigenvalue weighted by molar-refractivity contribution is -0.137. The third-order valence-corrected chi connectivity index (χ3v) is 2.14. The van der Waals surface area contributed by atoms with Gasteiger partial charge >= 0.3 is 6.18 Å². The fourth-order valence-electron chi connectivity index (χ4n) is 1.42. The zero-order chi connectivity index (χ0) is 12.6. The van der Waals surface area contributed by atoms with Crippen LogP contribution in [-0.4, -0.2) is 15.2 Å². The van der Waals surface area contributed by atoms with E-state index >= 15 is 0 Å². The second kappa shape index (κ2) is 3.76. The number of nitrogen functional groups attached to an aromatic ring is 1. The molecule has 4 nitrogen and oxygen atoms in total. The van der Waals surface area contributed by atoms with Crippen LogP contribution in [-0.2, 0) is 6.18 Å². The summed E-state index contributed by atoms with van der Waals surface area (Å²) in [7, 11) is 0. The molecule has 17 heavy (non-hydrogen) atoms. The van der Waals surface area contributed by atoms with Gasteiger partial charge in [0.1, 0.15) is 5.82 Å². The topological polar surface area (TPSA) is 67.6 Å². The van der Waals surface area contributed by atoms with Gasteiger partial charge in [0, 0.05) is 11.3 Å². The largest absolute Gasteiger partial charge is 0.416 e. The summed E-state index contributed by atoms with van der Waals surface area (Å²) in [4.78, 5) is 3.96. The highest BCUT2D eigenvalue weighted by Gasteiger charge is 2.31. The van der Waals surface area contributed by atoms with Crippen LogP contribution < -0.4 is 5.73 Å². The van der Waals surface area contributed by atoms with E-state index in [0.717, 1.165) is 12.1 Å². The molecule has 0 saturated heterocycles. The number of benzene rings is 1. The molecule has 1 aromatic heterocycles. The second-order valence-electron chi connectivity index (χ2n) is 3.59. The van der Waals surface area contributed by atoms with Crippen molar-refractivity contribution in [1.82, 2.24) is 15.2 Å². The Balaban J connectivity index is 2.52. The Morgan fingerprint density at radius 1 is 1.24 bits per heavy atom. The first kappa shape index (κ1) is 11.4. The summed E-state index contributed by atoms with van der Waals surface area (Å²) in [5.41, 5.74) is 4.89. The molecule has 1 heterocycles. The minimum Gasteiger partial charge on any atom is -0.399 e. The Hall–Kier alpha value is -2.05. The van der Waals surface area contributed by atoms with Crippen molar-refractivity contribution in [3.8, 4) is 11.4 Å². The number of nitrogens with one attached hydrogen (secondary N) is 1. The summed E-state index contributed by atoms with van der Waals surface area (Å²) in [5, 5.41) is 6.35. The lowest BCUT2D eigenvalue weighted by Crippen LogP contribution is -2.06. The number of nitrogens with two attached hydrogens (primary N) is 1. The maximum Gasteiger partial charge on any atom is 0.416 e. The van der Waals surface area contributed by atoms with Gasteiger partial charge in [-0.25, -0.2) is 4.98 Å². The number of hydrogen-bond donors (Lipinski definition) is 2. The zero-order valence-corrected chi connectivity index (χ0v) is 8.84. The van der Waals surface area contributed by atoms with Crippen molar-refractivity contribution in [2.75, 3.05) is 5.73 Å². The average molecular weight is 242 g/mol. The van der Waals surface area contributed by atoms with E-state index in [1.807, 2.05) is 0 Å². The van der Waals surface area contributed by atoms with Crippen LogP contribution in [0.3, 0.4) is 0 Å². The van der Waals surface area contributed by atoms with Gasteiger partial charge in [-0.1, -0.05) is 0 Å². The highest BCUT2D eigenvalue weighted by molar-refractivity contribution is 5.63. The van der Waals surface area contributed by atoms with Gasteiger partial charge < -0.3 is 5.73 Å². The van der Waals surface area contributed by atoms with Crippen LogP contribution in [0.1, 0.15) is 11.4 Å². The number of hydrogen-bond acceptors (Lipinski definition) is 3. The van der Waals surface area contributed by atoms with E-state index in [0.29, 0.717) is 5.82 Å². The van der Waals surface area contributed by atoms with E-state index in [1.165, 1.54) is 6.07 Å². The molecule has 0 fully saturated rings. The summed E-state index contributed by atoms with van der Waals surface area (Å²) in [6.07, 6.45) is -4.44. The van der Waals surface area contributed by atoms with Gasteiger partial charge in [0.2, 0.25) is 0 Å². The van der Waals surface area contributed by atoms with Gasteiger partial charge in [0.15, 0.2) is 5.82 Å². The number of nitrogens with zero attached hydrogens (tertiary/aromatic N) is 2. The first-order chi connectivity index (χ1) is 7.86. The molecule has 0 unspecified atom stereocenters. The zero-order valence-electron chi connectivity index (χ0n) is 8.84. The van der Waals surface area contributed by atoms with E-state index in [4.69, 9.17) is 5.73 Å². The van der Waals surface area contributed by atoms with Gasteiger partial charge in [0.05, 0.1) is 5.56 Å². The van der Waals surface area contributed by atoms with Crippen LogP contribution in [0.4, 0.5) is 18.9 Å². The van der Waals surface area contributed by atoms with Crippen molar-refractivity contribution < 1.29 is 13.2 Å². The maximum absolute atomic E-state index is 12.6. The quantitative estimate of drug-likeness (QED) is 0.754. The number of aromatic amines is 1. The van der Waals surface area contributed by atoms with Crippen molar-refractivity contribution in [3.05, 3.63) is 29.6 Å². The van der Waals surface area contributed by atoms with Gasteiger partial charge in [-0.2, -0.15) is 18.3 Å². The molecule has 0 radical (unpaired) electrons. The van der Waals surface area contributed by atoms with E-state index in [9.17, 15) is 13.2 Å². The Kier molecular flexibility index (Phi) is 2.53. The maximum atomic E-state index is 12.6. The molecule has 1 aromatic carbocycles. The van der Waals surface area contributed by atoms with Crippen LogP contribution in [0.15, 0.2) is 18.2 Å². The molecular weight excluding hydrogens is 233 g/mol. The molecule has 0 atom stereocenters. The molecule has 90 valence electrons. The molecule has 0 aliphatic rings. The molecule has 0 spiro atoms. The minimum absolute atomic E-state index is 0.0253. The third-order valence-electron chi connectivity index (χ3n) is 2.14. The average Bonchev–Trinajstić information content (AvgIpc) is 2.62. The highest BCUT2D eigenvalue weighted by atomic mass is 19.4. The van der Waals surface area contributed by atoms with Gasteiger partial charge in [-0.05, 0) is 25.1 Å². The molecule has 0 aliphatic carbocycles. The molecule has 2 aromatic rings. The number of H-pyrrole nitrogens is 1. The van der Waals surface area contributed by atoms with Crippen LogP contribution in [0.5, 0.6) is 0 Å². The molecule has 2 rings (SSSR count). The standard InChI is InChI=1S/C10H9F3N4/c1-5-15-9(17-16-5)6-2-7(10(11,12)13)4-8(14)3-6/h2-4H,14H2,1H3,(H,15,16,17). The Bertz CT molecular complexity index is 545. The number of halogens is 3. The smallest absolute Gasteiger partial charge is 0.399 e. The summed E-state index contributed by atoms with van der Waals surface area (Å²) in [5.74, 6) is 0.719. The molecule has 0 amide bonds. The fraction of sp³-hybridized carbons (Fsp3) is 0.200. The van der Waals surface area contributed by atoms with Crippen molar-refractivity contribution in [3.63, 3.8) is 0 Å². The summed E-state index contributed by atoms with van der Waals surface area (Å²) in [6, 6.07) is 3.25. The normalized spacial score (nSPS) is 11.8. The monoisotopic (exact) mass is 242 g/mol. The molecule has 0 aliphatic heterocycles.